The zero-order valence-electron chi connectivity index (χ0n) is 26.2. The molecule has 0 N–H and O–H groups in total. The summed E-state index contributed by atoms with van der Waals surface area (Å²) in [5.74, 6) is 1.31. The summed E-state index contributed by atoms with van der Waals surface area (Å²) in [6, 6.07) is 28.8. The van der Waals surface area contributed by atoms with Crippen LogP contribution >= 0.6 is 0 Å². The van der Waals surface area contributed by atoms with Gasteiger partial charge in [0.2, 0.25) is 0 Å². The van der Waals surface area contributed by atoms with Crippen LogP contribution in [-0.2, 0) is 42.3 Å². The third kappa shape index (κ3) is 8.94. The molecule has 2 aromatic heterocycles. The topological polar surface area (TPSA) is 44.2 Å². The van der Waals surface area contributed by atoms with E-state index in [-0.39, 0.29) is 38.4 Å². The summed E-state index contributed by atoms with van der Waals surface area (Å²) in [6.45, 7) is 17.1. The van der Waals surface area contributed by atoms with Gasteiger partial charge in [-0.3, -0.25) is 0 Å². The van der Waals surface area contributed by atoms with Gasteiger partial charge in [-0.05, 0) is 74.9 Å². The minimum absolute atomic E-state index is 0. The largest absolute Gasteiger partial charge is 0.475 e. The number of rotatable bonds is 7. The van der Waals surface area contributed by atoms with Crippen LogP contribution in [0.3, 0.4) is 0 Å². The third-order valence-corrected chi connectivity index (χ3v) is 7.55. The van der Waals surface area contributed by atoms with Crippen molar-refractivity contribution in [2.24, 2.45) is 11.8 Å². The van der Waals surface area contributed by atoms with Crippen molar-refractivity contribution in [1.29, 1.82) is 0 Å². The number of benzene rings is 2. The fraction of sp³-hybridized carbons (Fsp3) is 0.389. The molecule has 4 nitrogen and oxygen atoms in total. The average molecular weight is 739 g/mol. The summed E-state index contributed by atoms with van der Waals surface area (Å²) in [5, 5.41) is 0. The zero-order chi connectivity index (χ0) is 29.6. The Morgan fingerprint density at radius 3 is 1.67 bits per heavy atom. The van der Waals surface area contributed by atoms with Gasteiger partial charge in [-0.25, -0.2) is 0 Å². The molecule has 0 atom stereocenters. The molecule has 0 spiro atoms. The van der Waals surface area contributed by atoms with E-state index in [2.05, 4.69) is 108 Å². The van der Waals surface area contributed by atoms with Crippen LogP contribution in [0, 0.1) is 24.0 Å². The summed E-state index contributed by atoms with van der Waals surface area (Å²) in [4.78, 5) is 9.08. The first kappa shape index (κ1) is 33.9. The molecule has 0 aliphatic carbocycles. The minimum Gasteiger partial charge on any atom is -0.400 e. The van der Waals surface area contributed by atoms with Crippen molar-refractivity contribution in [2.45, 2.75) is 79.4 Å². The van der Waals surface area contributed by atoms with Gasteiger partial charge in [-0.1, -0.05) is 52.0 Å². The van der Waals surface area contributed by atoms with E-state index in [1.165, 1.54) is 11.1 Å². The number of nitrogens with zero attached hydrogens (tertiary/aromatic N) is 2. The van der Waals surface area contributed by atoms with E-state index in [1.807, 2.05) is 48.8 Å². The van der Waals surface area contributed by atoms with Crippen molar-refractivity contribution in [3.63, 3.8) is 0 Å². The first-order valence-corrected chi connectivity index (χ1v) is 14.7. The Morgan fingerprint density at radius 2 is 1.21 bits per heavy atom. The summed E-state index contributed by atoms with van der Waals surface area (Å²) in [7, 11) is -0.362. The normalized spacial score (nSPS) is 15.2. The Morgan fingerprint density at radius 1 is 0.690 bits per heavy atom. The van der Waals surface area contributed by atoms with Crippen LogP contribution in [0.5, 0.6) is 0 Å². The molecular weight excluding hydrogens is 695 g/mol. The number of hydrogen-bond donors (Lipinski definition) is 0. The van der Waals surface area contributed by atoms with E-state index >= 15 is 0 Å². The number of hydrogen-bond acceptors (Lipinski definition) is 4. The summed E-state index contributed by atoms with van der Waals surface area (Å²) in [6.07, 6.45) is 6.07. The van der Waals surface area contributed by atoms with E-state index < -0.39 is 0 Å². The molecule has 3 heterocycles. The van der Waals surface area contributed by atoms with E-state index in [4.69, 9.17) is 9.31 Å². The van der Waals surface area contributed by atoms with Crippen LogP contribution in [0.1, 0.15) is 66.5 Å². The van der Waals surface area contributed by atoms with Gasteiger partial charge in [-0.2, -0.15) is 0 Å². The molecule has 2 aromatic carbocycles. The fourth-order valence-electron chi connectivity index (χ4n) is 4.66. The molecule has 6 heteroatoms. The maximum atomic E-state index is 6.15. The zero-order valence-corrected chi connectivity index (χ0v) is 28.6. The summed E-state index contributed by atoms with van der Waals surface area (Å²) >= 11 is 0. The minimum atomic E-state index is -0.362. The molecule has 4 aromatic rings. The van der Waals surface area contributed by atoms with Gasteiger partial charge in [0.15, 0.2) is 0 Å². The van der Waals surface area contributed by atoms with E-state index in [9.17, 15) is 0 Å². The summed E-state index contributed by atoms with van der Waals surface area (Å²) in [5.41, 5.74) is 6.82. The van der Waals surface area contributed by atoms with Crippen LogP contribution in [0.25, 0.3) is 22.5 Å². The second kappa shape index (κ2) is 14.7. The van der Waals surface area contributed by atoms with E-state index in [0.29, 0.717) is 11.8 Å². The van der Waals surface area contributed by atoms with Crippen molar-refractivity contribution in [3.8, 4) is 22.5 Å². The van der Waals surface area contributed by atoms with Crippen LogP contribution < -0.4 is 5.46 Å². The monoisotopic (exact) mass is 739 g/mol. The Bertz CT molecular complexity index is 1370. The molecule has 0 amide bonds. The Balaban J connectivity index is 0.000000247. The molecule has 1 aliphatic rings. The quantitative estimate of drug-likeness (QED) is 0.144. The van der Waals surface area contributed by atoms with E-state index in [1.54, 1.807) is 0 Å². The molecule has 1 radical (unpaired) electrons. The van der Waals surface area contributed by atoms with Gasteiger partial charge >= 0.3 is 7.12 Å². The van der Waals surface area contributed by atoms with Gasteiger partial charge in [0.05, 0.1) is 11.2 Å². The molecule has 0 bridgehead atoms. The predicted molar refractivity (Wildman–Crippen MR) is 170 cm³/mol. The molecule has 42 heavy (non-hydrogen) atoms. The Labute approximate surface area is 267 Å². The van der Waals surface area contributed by atoms with Crippen molar-refractivity contribution in [3.05, 3.63) is 102 Å². The summed E-state index contributed by atoms with van der Waals surface area (Å²) < 4.78 is 12.3. The van der Waals surface area contributed by atoms with Crippen molar-refractivity contribution in [2.75, 3.05) is 0 Å². The van der Waals surface area contributed by atoms with Crippen LogP contribution in [0.2, 0.25) is 0 Å². The first-order chi connectivity index (χ1) is 19.4. The molecule has 0 unspecified atom stereocenters. The maximum absolute atomic E-state index is 6.15. The standard InChI is InChI=1S/C21H27BNO2.C15H16N.Ir/c1-15(2)12-16-10-11-19(23-14-16)17-8-7-9-18(13-17)22-24-20(3,4)21(5,6)25-22;1-12(2)10-13-8-9-15(16-11-13)14-6-4-3-5-7-14;/h7,9-11,13-15H,12H2,1-6H3;3-6,8-9,11-12H,10H2,1-2H3;/q2*-1;. The maximum Gasteiger partial charge on any atom is 0.475 e. The molecule has 223 valence electrons. The first-order valence-electron chi connectivity index (χ1n) is 14.7. The SMILES string of the molecule is CC(C)Cc1ccc(-c2[c-]ccc(B3OC(C)(C)C(C)(C)O3)c2)nc1.CC(C)Cc1ccc(-c2[c-]cccc2)nc1.[Ir]. The van der Waals surface area contributed by atoms with Crippen LogP contribution in [0.15, 0.2) is 79.1 Å². The van der Waals surface area contributed by atoms with Crippen molar-refractivity contribution in [1.82, 2.24) is 9.97 Å². The van der Waals surface area contributed by atoms with Gasteiger partial charge in [0.25, 0.3) is 0 Å². The average Bonchev–Trinajstić information content (AvgIpc) is 3.16. The third-order valence-electron chi connectivity index (χ3n) is 7.55. The van der Waals surface area contributed by atoms with E-state index in [0.717, 1.165) is 40.8 Å². The molecule has 1 fully saturated rings. The van der Waals surface area contributed by atoms with Crippen molar-refractivity contribution < 1.29 is 29.4 Å². The number of pyridine rings is 2. The van der Waals surface area contributed by atoms with Gasteiger partial charge in [0.1, 0.15) is 0 Å². The Hall–Kier alpha value is -2.63. The Kier molecular flexibility index (Phi) is 11.9. The molecule has 5 rings (SSSR count). The van der Waals surface area contributed by atoms with Crippen molar-refractivity contribution >= 4 is 12.6 Å². The number of aromatic nitrogens is 2. The molecular formula is C36H43BIrN2O2-2. The van der Waals surface area contributed by atoms with Gasteiger partial charge in [-0.15, -0.1) is 71.2 Å². The second-order valence-corrected chi connectivity index (χ2v) is 12.7. The molecule has 0 saturated carbocycles. The van der Waals surface area contributed by atoms with Gasteiger partial charge < -0.3 is 19.3 Å². The van der Waals surface area contributed by atoms with Crippen LogP contribution in [-0.4, -0.2) is 28.3 Å². The second-order valence-electron chi connectivity index (χ2n) is 12.7. The predicted octanol–water partition coefficient (Wildman–Crippen LogP) is 7.79. The fourth-order valence-corrected chi connectivity index (χ4v) is 4.66. The van der Waals surface area contributed by atoms with Crippen LogP contribution in [0.4, 0.5) is 0 Å². The smallest absolute Gasteiger partial charge is 0.400 e. The molecule has 1 aliphatic heterocycles. The molecule has 1 saturated heterocycles. The van der Waals surface area contributed by atoms with Gasteiger partial charge in [0, 0.05) is 32.5 Å².